The maximum Gasteiger partial charge on any atom is 0.390 e. The van der Waals surface area contributed by atoms with Gasteiger partial charge >= 0.3 is 6.18 Å². The van der Waals surface area contributed by atoms with Gasteiger partial charge in [0.1, 0.15) is 0 Å². The van der Waals surface area contributed by atoms with Gasteiger partial charge in [-0.2, -0.15) is 13.2 Å². The molecule has 0 amide bonds. The Kier molecular flexibility index (Phi) is 6.92. The first-order valence-electron chi connectivity index (χ1n) is 5.45. The van der Waals surface area contributed by atoms with E-state index in [-0.39, 0.29) is 12.6 Å². The molecule has 0 spiro atoms. The third-order valence-electron chi connectivity index (χ3n) is 2.56. The minimum Gasteiger partial charge on any atom is -0.329 e. The van der Waals surface area contributed by atoms with Gasteiger partial charge in [-0.3, -0.25) is 4.90 Å². The first kappa shape index (κ1) is 14.7. The highest BCUT2D eigenvalue weighted by Crippen LogP contribution is 2.21. The lowest BCUT2D eigenvalue weighted by atomic mass is 10.1. The fourth-order valence-corrected chi connectivity index (χ4v) is 1.72. The van der Waals surface area contributed by atoms with E-state index in [2.05, 4.69) is 0 Å². The van der Waals surface area contributed by atoms with Crippen molar-refractivity contribution >= 4 is 0 Å². The van der Waals surface area contributed by atoms with Crippen LogP contribution in [0.2, 0.25) is 0 Å². The van der Waals surface area contributed by atoms with E-state index in [4.69, 9.17) is 5.73 Å². The van der Waals surface area contributed by atoms with Crippen molar-refractivity contribution in [1.29, 1.82) is 0 Å². The summed E-state index contributed by atoms with van der Waals surface area (Å²) in [6.45, 7) is 5.00. The number of hydrogen-bond donors (Lipinski definition) is 1. The second-order valence-corrected chi connectivity index (χ2v) is 3.66. The van der Waals surface area contributed by atoms with Crippen molar-refractivity contribution in [2.75, 3.05) is 19.6 Å². The molecule has 0 aromatic rings. The van der Waals surface area contributed by atoms with Crippen LogP contribution in [0.4, 0.5) is 13.2 Å². The van der Waals surface area contributed by atoms with Crippen LogP contribution in [0.25, 0.3) is 0 Å². The van der Waals surface area contributed by atoms with Crippen LogP contribution in [0.15, 0.2) is 0 Å². The summed E-state index contributed by atoms with van der Waals surface area (Å²) in [7, 11) is 0. The van der Waals surface area contributed by atoms with Crippen LogP contribution in [-0.2, 0) is 0 Å². The zero-order chi connectivity index (χ0) is 11.9. The average Bonchev–Trinajstić information content (AvgIpc) is 2.14. The van der Waals surface area contributed by atoms with Crippen LogP contribution in [0, 0.1) is 0 Å². The Bertz CT molecular complexity index is 155. The summed E-state index contributed by atoms with van der Waals surface area (Å²) in [5, 5.41) is 0. The zero-order valence-corrected chi connectivity index (χ0v) is 9.48. The minimum atomic E-state index is -4.07. The molecule has 15 heavy (non-hydrogen) atoms. The van der Waals surface area contributed by atoms with Gasteiger partial charge < -0.3 is 5.73 Å². The van der Waals surface area contributed by atoms with Crippen LogP contribution in [-0.4, -0.2) is 36.8 Å². The highest BCUT2D eigenvalue weighted by molar-refractivity contribution is 4.70. The largest absolute Gasteiger partial charge is 0.390 e. The van der Waals surface area contributed by atoms with E-state index in [1.165, 1.54) is 0 Å². The molecular weight excluding hydrogens is 205 g/mol. The van der Waals surface area contributed by atoms with Gasteiger partial charge in [-0.25, -0.2) is 0 Å². The van der Waals surface area contributed by atoms with E-state index in [0.29, 0.717) is 13.1 Å². The molecule has 0 aliphatic heterocycles. The Morgan fingerprint density at radius 1 is 1.13 bits per heavy atom. The topological polar surface area (TPSA) is 29.3 Å². The smallest absolute Gasteiger partial charge is 0.329 e. The van der Waals surface area contributed by atoms with Gasteiger partial charge in [0.2, 0.25) is 0 Å². The van der Waals surface area contributed by atoms with Gasteiger partial charge in [0.05, 0.1) is 6.42 Å². The van der Waals surface area contributed by atoms with Crippen molar-refractivity contribution in [1.82, 2.24) is 4.90 Å². The lowest BCUT2D eigenvalue weighted by Crippen LogP contribution is -2.40. The molecule has 0 bridgehead atoms. The third-order valence-corrected chi connectivity index (χ3v) is 2.56. The maximum absolute atomic E-state index is 12.1. The molecule has 92 valence electrons. The van der Waals surface area contributed by atoms with E-state index < -0.39 is 12.6 Å². The van der Waals surface area contributed by atoms with Gasteiger partial charge in [-0.15, -0.1) is 0 Å². The summed E-state index contributed by atoms with van der Waals surface area (Å²) in [5.74, 6) is 0. The van der Waals surface area contributed by atoms with Crippen LogP contribution >= 0.6 is 0 Å². The van der Waals surface area contributed by atoms with Crippen LogP contribution in [0.1, 0.15) is 33.1 Å². The summed E-state index contributed by atoms with van der Waals surface area (Å²) in [6, 6.07) is 0.218. The second-order valence-electron chi connectivity index (χ2n) is 3.66. The van der Waals surface area contributed by atoms with Gasteiger partial charge in [-0.05, 0) is 12.8 Å². The Morgan fingerprint density at radius 2 is 1.67 bits per heavy atom. The summed E-state index contributed by atoms with van der Waals surface area (Å²) >= 11 is 0. The summed E-state index contributed by atoms with van der Waals surface area (Å²) in [6.07, 6.45) is -3.08. The van der Waals surface area contributed by atoms with E-state index >= 15 is 0 Å². The fourth-order valence-electron chi connectivity index (χ4n) is 1.72. The maximum atomic E-state index is 12.1. The minimum absolute atomic E-state index is 0.0625. The molecule has 0 saturated heterocycles. The predicted octanol–water partition coefficient (Wildman–Crippen LogP) is 2.39. The molecule has 5 heteroatoms. The van der Waals surface area contributed by atoms with E-state index in [1.807, 2.05) is 18.7 Å². The number of nitrogens with zero attached hydrogens (tertiary/aromatic N) is 1. The molecule has 0 fully saturated rings. The highest BCUT2D eigenvalue weighted by Gasteiger charge is 2.28. The average molecular weight is 226 g/mol. The van der Waals surface area contributed by atoms with Crippen molar-refractivity contribution in [2.24, 2.45) is 5.73 Å². The van der Waals surface area contributed by atoms with Crippen LogP contribution in [0.3, 0.4) is 0 Å². The first-order chi connectivity index (χ1) is 6.94. The molecular formula is C10H21F3N2. The zero-order valence-electron chi connectivity index (χ0n) is 9.48. The van der Waals surface area contributed by atoms with Crippen LogP contribution < -0.4 is 5.73 Å². The summed E-state index contributed by atoms with van der Waals surface area (Å²) in [5.41, 5.74) is 5.39. The summed E-state index contributed by atoms with van der Waals surface area (Å²) in [4.78, 5) is 1.84. The predicted molar refractivity (Wildman–Crippen MR) is 55.7 cm³/mol. The normalized spacial score (nSPS) is 12.8. The van der Waals surface area contributed by atoms with E-state index in [1.54, 1.807) is 0 Å². The Balaban J connectivity index is 4.13. The summed E-state index contributed by atoms with van der Waals surface area (Å²) < 4.78 is 36.2. The molecule has 0 saturated carbocycles. The molecule has 0 atom stereocenters. The van der Waals surface area contributed by atoms with Crippen molar-refractivity contribution in [3.05, 3.63) is 0 Å². The number of halogens is 3. The van der Waals surface area contributed by atoms with Gasteiger partial charge in [0, 0.05) is 25.7 Å². The van der Waals surface area contributed by atoms with Crippen molar-refractivity contribution < 1.29 is 13.2 Å². The Morgan fingerprint density at radius 3 is 2.00 bits per heavy atom. The fraction of sp³-hybridized carbons (Fsp3) is 1.00. The monoisotopic (exact) mass is 226 g/mol. The highest BCUT2D eigenvalue weighted by atomic mass is 19.4. The molecule has 0 aromatic carbocycles. The number of alkyl halides is 3. The first-order valence-corrected chi connectivity index (χ1v) is 5.45. The Hall–Kier alpha value is -0.290. The molecule has 2 nitrogen and oxygen atoms in total. The van der Waals surface area contributed by atoms with Gasteiger partial charge in [0.15, 0.2) is 0 Å². The quantitative estimate of drug-likeness (QED) is 0.722. The molecule has 0 aliphatic rings. The molecule has 0 radical (unpaired) electrons. The number of hydrogen-bond acceptors (Lipinski definition) is 2. The van der Waals surface area contributed by atoms with Crippen LogP contribution in [0.5, 0.6) is 0 Å². The van der Waals surface area contributed by atoms with Crippen molar-refractivity contribution in [3.8, 4) is 0 Å². The standard InChI is InChI=1S/C10H21F3N2/c1-3-9(4-2)15(8-6-14)7-5-10(11,12)13/h9H,3-8,14H2,1-2H3. The van der Waals surface area contributed by atoms with E-state index in [9.17, 15) is 13.2 Å². The van der Waals surface area contributed by atoms with Crippen molar-refractivity contribution in [3.63, 3.8) is 0 Å². The third kappa shape index (κ3) is 6.73. The molecule has 0 aromatic heterocycles. The van der Waals surface area contributed by atoms with Gasteiger partial charge in [-0.1, -0.05) is 13.8 Å². The molecule has 0 rings (SSSR count). The number of nitrogens with two attached hydrogens (primary N) is 1. The van der Waals surface area contributed by atoms with Gasteiger partial charge in [0.25, 0.3) is 0 Å². The van der Waals surface area contributed by atoms with Crippen molar-refractivity contribution in [2.45, 2.75) is 45.3 Å². The molecule has 0 unspecified atom stereocenters. The molecule has 0 heterocycles. The van der Waals surface area contributed by atoms with E-state index in [0.717, 1.165) is 12.8 Å². The molecule has 2 N–H and O–H groups in total. The SMILES string of the molecule is CCC(CC)N(CCN)CCC(F)(F)F. The lowest BCUT2D eigenvalue weighted by molar-refractivity contribution is -0.139. The lowest BCUT2D eigenvalue weighted by Gasteiger charge is -2.30. The second kappa shape index (κ2) is 7.06. The molecule has 0 aliphatic carbocycles. The Labute approximate surface area is 89.6 Å². The number of rotatable bonds is 7.